The molecule has 5 nitrogen and oxygen atoms in total. The van der Waals surface area contributed by atoms with Crippen molar-refractivity contribution < 1.29 is 19.4 Å². The smallest absolute Gasteiger partial charge is 0.310 e. The van der Waals surface area contributed by atoms with Crippen LogP contribution in [0.3, 0.4) is 0 Å². The second kappa shape index (κ2) is 5.11. The molecule has 0 aromatic rings. The summed E-state index contributed by atoms with van der Waals surface area (Å²) in [5, 5.41) is 9.41. The molecule has 2 atom stereocenters. The van der Waals surface area contributed by atoms with E-state index in [1.807, 2.05) is 6.92 Å². The van der Waals surface area contributed by atoms with Crippen LogP contribution in [0.5, 0.6) is 0 Å². The molecule has 0 saturated carbocycles. The van der Waals surface area contributed by atoms with Crippen molar-refractivity contribution >= 4 is 11.9 Å². The molecule has 1 N–H and O–H groups in total. The lowest BCUT2D eigenvalue weighted by Gasteiger charge is -2.19. The predicted molar refractivity (Wildman–Crippen MR) is 53.0 cm³/mol. The number of hydrogen-bond donors (Lipinski definition) is 1. The number of carbonyl (C=O) groups is 2. The van der Waals surface area contributed by atoms with Crippen LogP contribution in [0.15, 0.2) is 0 Å². The Balaban J connectivity index is 2.49. The lowest BCUT2D eigenvalue weighted by atomic mass is 10.1. The van der Waals surface area contributed by atoms with Crippen molar-refractivity contribution in [2.75, 3.05) is 20.2 Å². The Morgan fingerprint density at radius 2 is 2.40 bits per heavy atom. The van der Waals surface area contributed by atoms with Gasteiger partial charge in [-0.3, -0.25) is 9.59 Å². The van der Waals surface area contributed by atoms with Gasteiger partial charge in [-0.25, -0.2) is 0 Å². The topological polar surface area (TPSA) is 66.8 Å². The highest BCUT2D eigenvalue weighted by Crippen LogP contribution is 2.19. The average Bonchev–Trinajstić information content (AvgIpc) is 2.59. The lowest BCUT2D eigenvalue weighted by Crippen LogP contribution is -2.34. The van der Waals surface area contributed by atoms with Gasteiger partial charge in [-0.1, -0.05) is 6.92 Å². The zero-order valence-corrected chi connectivity index (χ0v) is 9.10. The van der Waals surface area contributed by atoms with E-state index in [0.717, 1.165) is 0 Å². The summed E-state index contributed by atoms with van der Waals surface area (Å²) in [6, 6.07) is 0. The lowest BCUT2D eigenvalue weighted by molar-refractivity contribution is -0.145. The molecule has 86 valence electrons. The van der Waals surface area contributed by atoms with Gasteiger partial charge in [-0.2, -0.15) is 0 Å². The molecule has 0 aromatic heterocycles. The molecule has 0 aromatic carbocycles. The molecule has 1 rings (SSSR count). The molecular formula is C10H17NO4. The van der Waals surface area contributed by atoms with Crippen LogP contribution in [0.4, 0.5) is 0 Å². The maximum Gasteiger partial charge on any atom is 0.310 e. The van der Waals surface area contributed by atoms with Crippen molar-refractivity contribution in [1.82, 2.24) is 4.90 Å². The molecule has 15 heavy (non-hydrogen) atoms. The molecule has 1 aliphatic rings. The Hall–Kier alpha value is -1.10. The molecule has 1 saturated heterocycles. The van der Waals surface area contributed by atoms with E-state index < -0.39 is 6.10 Å². The van der Waals surface area contributed by atoms with Crippen LogP contribution in [0.1, 0.15) is 19.8 Å². The minimum absolute atomic E-state index is 0.0853. The molecule has 2 unspecified atom stereocenters. The quantitative estimate of drug-likeness (QED) is 0.658. The number of methoxy groups -OCH3 is 1. The highest BCUT2D eigenvalue weighted by atomic mass is 16.5. The molecule has 1 heterocycles. The number of aliphatic hydroxyl groups excluding tert-OH is 1. The molecule has 0 spiro atoms. The van der Waals surface area contributed by atoms with Gasteiger partial charge in [-0.15, -0.1) is 0 Å². The largest absolute Gasteiger partial charge is 0.469 e. The van der Waals surface area contributed by atoms with Gasteiger partial charge in [0.05, 0.1) is 19.1 Å². The van der Waals surface area contributed by atoms with E-state index in [9.17, 15) is 14.7 Å². The Morgan fingerprint density at radius 1 is 1.73 bits per heavy atom. The third-order valence-corrected chi connectivity index (χ3v) is 2.65. The van der Waals surface area contributed by atoms with Crippen LogP contribution in [-0.2, 0) is 14.3 Å². The number of rotatable bonds is 4. The van der Waals surface area contributed by atoms with Crippen molar-refractivity contribution in [3.63, 3.8) is 0 Å². The van der Waals surface area contributed by atoms with E-state index >= 15 is 0 Å². The zero-order valence-electron chi connectivity index (χ0n) is 9.10. The molecule has 1 amide bonds. The Kier molecular flexibility index (Phi) is 4.08. The van der Waals surface area contributed by atoms with Gasteiger partial charge < -0.3 is 14.7 Å². The monoisotopic (exact) mass is 215 g/mol. The number of esters is 1. The fraction of sp³-hybridized carbons (Fsp3) is 0.800. The molecular weight excluding hydrogens is 198 g/mol. The van der Waals surface area contributed by atoms with Gasteiger partial charge in [0.25, 0.3) is 0 Å². The summed E-state index contributed by atoms with van der Waals surface area (Å²) in [5.74, 6) is -0.804. The first-order valence-corrected chi connectivity index (χ1v) is 5.12. The summed E-state index contributed by atoms with van der Waals surface area (Å²) in [6.07, 6.45) is 0.292. The van der Waals surface area contributed by atoms with Crippen LogP contribution in [0, 0.1) is 5.92 Å². The summed E-state index contributed by atoms with van der Waals surface area (Å²) in [5.41, 5.74) is 0. The third-order valence-electron chi connectivity index (χ3n) is 2.65. The van der Waals surface area contributed by atoms with Gasteiger partial charge in [0.15, 0.2) is 0 Å². The van der Waals surface area contributed by atoms with Crippen molar-refractivity contribution in [2.24, 2.45) is 5.92 Å². The number of nitrogens with zero attached hydrogens (tertiary/aromatic N) is 1. The number of aliphatic hydroxyl groups is 1. The number of amides is 1. The van der Waals surface area contributed by atoms with Crippen molar-refractivity contribution in [2.45, 2.75) is 25.9 Å². The third kappa shape index (κ3) is 2.92. The predicted octanol–water partition coefficient (Wildman–Crippen LogP) is -0.221. The van der Waals surface area contributed by atoms with Crippen LogP contribution < -0.4 is 0 Å². The first kappa shape index (κ1) is 12.0. The van der Waals surface area contributed by atoms with Gasteiger partial charge in [0.1, 0.15) is 0 Å². The summed E-state index contributed by atoms with van der Waals surface area (Å²) in [4.78, 5) is 24.2. The van der Waals surface area contributed by atoms with Crippen LogP contribution in [0.2, 0.25) is 0 Å². The van der Waals surface area contributed by atoms with Crippen molar-refractivity contribution in [3.05, 3.63) is 0 Å². The van der Waals surface area contributed by atoms with Crippen molar-refractivity contribution in [3.8, 4) is 0 Å². The van der Waals surface area contributed by atoms with Gasteiger partial charge in [0.2, 0.25) is 5.91 Å². The van der Waals surface area contributed by atoms with E-state index in [0.29, 0.717) is 19.5 Å². The first-order valence-electron chi connectivity index (χ1n) is 5.12. The van der Waals surface area contributed by atoms with E-state index in [-0.39, 0.29) is 24.2 Å². The minimum Gasteiger partial charge on any atom is -0.469 e. The minimum atomic E-state index is -0.509. The van der Waals surface area contributed by atoms with Gasteiger partial charge in [-0.05, 0) is 6.42 Å². The van der Waals surface area contributed by atoms with Gasteiger partial charge >= 0.3 is 5.97 Å². The van der Waals surface area contributed by atoms with Crippen LogP contribution in [-0.4, -0.2) is 48.2 Å². The summed E-state index contributed by atoms with van der Waals surface area (Å²) >= 11 is 0. The molecule has 1 fully saturated rings. The maximum absolute atomic E-state index is 11.5. The molecule has 0 bridgehead atoms. The van der Waals surface area contributed by atoms with Crippen LogP contribution >= 0.6 is 0 Å². The van der Waals surface area contributed by atoms with Gasteiger partial charge in [0, 0.05) is 19.5 Å². The molecule has 1 aliphatic heterocycles. The number of β-amino-alcohol motifs (C(OH)–C–C–N with tert-alkyl or cyclic N) is 1. The second-order valence-electron chi connectivity index (χ2n) is 3.79. The van der Waals surface area contributed by atoms with E-state index in [1.54, 1.807) is 0 Å². The summed E-state index contributed by atoms with van der Waals surface area (Å²) in [7, 11) is 1.32. The fourth-order valence-electron chi connectivity index (χ4n) is 1.66. The maximum atomic E-state index is 11.5. The molecule has 0 aliphatic carbocycles. The zero-order chi connectivity index (χ0) is 11.4. The molecule has 5 heteroatoms. The highest BCUT2D eigenvalue weighted by molar-refractivity contribution is 5.86. The van der Waals surface area contributed by atoms with E-state index in [2.05, 4.69) is 4.74 Å². The Morgan fingerprint density at radius 3 is 2.93 bits per heavy atom. The Labute approximate surface area is 89.0 Å². The van der Waals surface area contributed by atoms with E-state index in [1.165, 1.54) is 12.0 Å². The summed E-state index contributed by atoms with van der Waals surface area (Å²) in [6.45, 7) is 2.52. The standard InChI is InChI=1S/C10H17NO4/c1-3-8(12)6-11-5-7(4-9(11)13)10(14)15-2/h7-8,12H,3-6H2,1-2H3. The SMILES string of the molecule is CCC(O)CN1CC(C(=O)OC)CC1=O. The first-order chi connectivity index (χ1) is 7.08. The Bertz CT molecular complexity index is 254. The number of carbonyl (C=O) groups excluding carboxylic acids is 2. The fourth-order valence-corrected chi connectivity index (χ4v) is 1.66. The normalized spacial score (nSPS) is 23.0. The average molecular weight is 215 g/mol. The highest BCUT2D eigenvalue weighted by Gasteiger charge is 2.35. The number of ether oxygens (including phenoxy) is 1. The molecule has 0 radical (unpaired) electrons. The van der Waals surface area contributed by atoms with Crippen LogP contribution in [0.25, 0.3) is 0 Å². The summed E-state index contributed by atoms with van der Waals surface area (Å²) < 4.78 is 4.58. The van der Waals surface area contributed by atoms with Crippen molar-refractivity contribution in [1.29, 1.82) is 0 Å². The number of likely N-dealkylation sites (tertiary alicyclic amines) is 1. The second-order valence-corrected chi connectivity index (χ2v) is 3.79. The van der Waals surface area contributed by atoms with E-state index in [4.69, 9.17) is 0 Å². The number of hydrogen-bond acceptors (Lipinski definition) is 4.